The number of rotatable bonds is 1. The van der Waals surface area contributed by atoms with E-state index >= 15 is 0 Å². The predicted octanol–water partition coefficient (Wildman–Crippen LogP) is 2.53. The Morgan fingerprint density at radius 1 is 1.60 bits per heavy atom. The van der Waals surface area contributed by atoms with Gasteiger partial charge in [0.15, 0.2) is 0 Å². The molecule has 0 saturated carbocycles. The van der Waals surface area contributed by atoms with Crippen LogP contribution in [0.2, 0.25) is 0 Å². The van der Waals surface area contributed by atoms with Crippen LogP contribution in [0.3, 0.4) is 0 Å². The fourth-order valence-electron chi connectivity index (χ4n) is 2.04. The van der Waals surface area contributed by atoms with Crippen molar-refractivity contribution in [3.63, 3.8) is 0 Å². The van der Waals surface area contributed by atoms with Crippen molar-refractivity contribution in [2.45, 2.75) is 25.8 Å². The summed E-state index contributed by atoms with van der Waals surface area (Å²) in [5, 5.41) is 0. The molecule has 0 bridgehead atoms. The van der Waals surface area contributed by atoms with E-state index in [-0.39, 0.29) is 11.9 Å². The molecule has 0 aromatic carbocycles. The molecule has 1 saturated heterocycles. The molecule has 0 N–H and O–H groups in total. The van der Waals surface area contributed by atoms with E-state index in [1.807, 2.05) is 17.0 Å². The minimum atomic E-state index is 0.141. The van der Waals surface area contributed by atoms with Gasteiger partial charge < -0.3 is 4.90 Å². The average Bonchev–Trinajstić information content (AvgIpc) is 2.67. The van der Waals surface area contributed by atoms with Gasteiger partial charge in [0.1, 0.15) is 0 Å². The van der Waals surface area contributed by atoms with Crippen molar-refractivity contribution in [2.24, 2.45) is 0 Å². The fourth-order valence-corrected chi connectivity index (χ4v) is 2.27. The Balaban J connectivity index is 2.22. The highest BCUT2D eigenvalue weighted by atomic mass is 79.9. The van der Waals surface area contributed by atoms with Crippen molar-refractivity contribution >= 4 is 21.8 Å². The summed E-state index contributed by atoms with van der Waals surface area (Å²) in [5.41, 5.74) is 0.992. The van der Waals surface area contributed by atoms with Gasteiger partial charge in [-0.2, -0.15) is 0 Å². The topological polar surface area (TPSA) is 33.2 Å². The van der Waals surface area contributed by atoms with E-state index in [9.17, 15) is 4.79 Å². The SMILES string of the molecule is CC(=O)N1CCC[C@H]1c1ccc(Br)cn1. The summed E-state index contributed by atoms with van der Waals surface area (Å²) in [5.74, 6) is 0.141. The minimum Gasteiger partial charge on any atom is -0.334 e. The number of carbonyl (C=O) groups excluding carboxylic acids is 1. The molecule has 4 heteroatoms. The molecule has 80 valence electrons. The number of nitrogens with zero attached hydrogens (tertiary/aromatic N) is 2. The molecule has 1 aromatic rings. The van der Waals surface area contributed by atoms with E-state index in [0.29, 0.717) is 0 Å². The van der Waals surface area contributed by atoms with Crippen LogP contribution in [-0.2, 0) is 4.79 Å². The lowest BCUT2D eigenvalue weighted by molar-refractivity contribution is -0.129. The lowest BCUT2D eigenvalue weighted by atomic mass is 10.1. The highest BCUT2D eigenvalue weighted by Crippen LogP contribution is 2.30. The van der Waals surface area contributed by atoms with Gasteiger partial charge in [-0.05, 0) is 40.9 Å². The second kappa shape index (κ2) is 4.31. The number of pyridine rings is 1. The first-order valence-corrected chi connectivity index (χ1v) is 5.86. The molecule has 1 fully saturated rings. The van der Waals surface area contributed by atoms with E-state index < -0.39 is 0 Å². The third-order valence-corrected chi connectivity index (χ3v) is 3.22. The van der Waals surface area contributed by atoms with Crippen LogP contribution in [0, 0.1) is 0 Å². The second-order valence-electron chi connectivity index (χ2n) is 3.77. The van der Waals surface area contributed by atoms with Crippen LogP contribution in [0.25, 0.3) is 0 Å². The Labute approximate surface area is 97.6 Å². The lowest BCUT2D eigenvalue weighted by Gasteiger charge is -2.22. The quantitative estimate of drug-likeness (QED) is 0.784. The van der Waals surface area contributed by atoms with Crippen molar-refractivity contribution in [1.82, 2.24) is 9.88 Å². The first-order chi connectivity index (χ1) is 7.18. The molecule has 1 atom stereocenters. The molecule has 2 heterocycles. The third-order valence-electron chi connectivity index (χ3n) is 2.75. The zero-order chi connectivity index (χ0) is 10.8. The van der Waals surface area contributed by atoms with E-state index in [0.717, 1.165) is 29.6 Å². The normalized spacial score (nSPS) is 20.7. The first kappa shape index (κ1) is 10.6. The van der Waals surface area contributed by atoms with Crippen LogP contribution in [0.4, 0.5) is 0 Å². The van der Waals surface area contributed by atoms with Crippen LogP contribution in [0.5, 0.6) is 0 Å². The fraction of sp³-hybridized carbons (Fsp3) is 0.455. The lowest BCUT2D eigenvalue weighted by Crippen LogP contribution is -2.28. The van der Waals surface area contributed by atoms with Gasteiger partial charge >= 0.3 is 0 Å². The van der Waals surface area contributed by atoms with Crippen molar-refractivity contribution in [3.05, 3.63) is 28.5 Å². The number of halogens is 1. The number of amides is 1. The monoisotopic (exact) mass is 268 g/mol. The van der Waals surface area contributed by atoms with Crippen molar-refractivity contribution < 1.29 is 4.79 Å². The van der Waals surface area contributed by atoms with E-state index in [1.54, 1.807) is 13.1 Å². The molecule has 3 nitrogen and oxygen atoms in total. The van der Waals surface area contributed by atoms with Gasteiger partial charge in [0.25, 0.3) is 0 Å². The highest BCUT2D eigenvalue weighted by molar-refractivity contribution is 9.10. The molecule has 0 unspecified atom stereocenters. The summed E-state index contributed by atoms with van der Waals surface area (Å²) in [6.07, 6.45) is 3.88. The van der Waals surface area contributed by atoms with E-state index in [4.69, 9.17) is 0 Å². The summed E-state index contributed by atoms with van der Waals surface area (Å²) >= 11 is 3.36. The Kier molecular flexibility index (Phi) is 3.05. The first-order valence-electron chi connectivity index (χ1n) is 5.07. The van der Waals surface area contributed by atoms with Gasteiger partial charge in [0.05, 0.1) is 11.7 Å². The van der Waals surface area contributed by atoms with E-state index in [2.05, 4.69) is 20.9 Å². The number of carbonyl (C=O) groups is 1. The Morgan fingerprint density at radius 3 is 3.00 bits per heavy atom. The Morgan fingerprint density at radius 2 is 2.40 bits per heavy atom. The smallest absolute Gasteiger partial charge is 0.220 e. The van der Waals surface area contributed by atoms with Crippen LogP contribution in [0.15, 0.2) is 22.8 Å². The average molecular weight is 269 g/mol. The minimum absolute atomic E-state index is 0.141. The summed E-state index contributed by atoms with van der Waals surface area (Å²) in [7, 11) is 0. The predicted molar refractivity (Wildman–Crippen MR) is 61.3 cm³/mol. The molecule has 0 aliphatic carbocycles. The molecule has 1 aromatic heterocycles. The van der Waals surface area contributed by atoms with Gasteiger partial charge in [0.2, 0.25) is 5.91 Å². The van der Waals surface area contributed by atoms with Crippen molar-refractivity contribution in [3.8, 4) is 0 Å². The van der Waals surface area contributed by atoms with Crippen LogP contribution < -0.4 is 0 Å². The maximum Gasteiger partial charge on any atom is 0.220 e. The van der Waals surface area contributed by atoms with Crippen LogP contribution in [-0.4, -0.2) is 22.3 Å². The molecule has 1 amide bonds. The molecule has 1 aliphatic rings. The van der Waals surface area contributed by atoms with Gasteiger partial charge in [-0.3, -0.25) is 9.78 Å². The standard InChI is InChI=1S/C11H13BrN2O/c1-8(15)14-6-2-3-11(14)10-5-4-9(12)7-13-10/h4-5,7,11H,2-3,6H2,1H3/t11-/m0/s1. The largest absolute Gasteiger partial charge is 0.334 e. The summed E-state index contributed by atoms with van der Waals surface area (Å²) in [6.45, 7) is 2.48. The molecular weight excluding hydrogens is 256 g/mol. The number of aromatic nitrogens is 1. The van der Waals surface area contributed by atoms with Crippen molar-refractivity contribution in [1.29, 1.82) is 0 Å². The van der Waals surface area contributed by atoms with E-state index in [1.165, 1.54) is 0 Å². The number of likely N-dealkylation sites (tertiary alicyclic amines) is 1. The summed E-state index contributed by atoms with van der Waals surface area (Å²) in [6, 6.07) is 4.13. The molecule has 0 spiro atoms. The Bertz CT molecular complexity index is 363. The van der Waals surface area contributed by atoms with Gasteiger partial charge in [-0.1, -0.05) is 0 Å². The van der Waals surface area contributed by atoms with Gasteiger partial charge in [-0.25, -0.2) is 0 Å². The molecule has 15 heavy (non-hydrogen) atoms. The molecule has 2 rings (SSSR count). The highest BCUT2D eigenvalue weighted by Gasteiger charge is 2.28. The Hall–Kier alpha value is -0.900. The van der Waals surface area contributed by atoms with Gasteiger partial charge in [-0.15, -0.1) is 0 Å². The second-order valence-corrected chi connectivity index (χ2v) is 4.69. The summed E-state index contributed by atoms with van der Waals surface area (Å²) in [4.78, 5) is 17.6. The van der Waals surface area contributed by atoms with Crippen LogP contribution in [0.1, 0.15) is 31.5 Å². The van der Waals surface area contributed by atoms with Gasteiger partial charge in [0, 0.05) is 24.1 Å². The maximum absolute atomic E-state index is 11.4. The number of hydrogen-bond donors (Lipinski definition) is 0. The molecule has 0 radical (unpaired) electrons. The zero-order valence-electron chi connectivity index (χ0n) is 8.61. The summed E-state index contributed by atoms with van der Waals surface area (Å²) < 4.78 is 0.971. The molecule has 1 aliphatic heterocycles. The van der Waals surface area contributed by atoms with Crippen LogP contribution >= 0.6 is 15.9 Å². The number of hydrogen-bond acceptors (Lipinski definition) is 2. The van der Waals surface area contributed by atoms with Crippen molar-refractivity contribution in [2.75, 3.05) is 6.54 Å². The maximum atomic E-state index is 11.4. The molecular formula is C11H13BrN2O. The zero-order valence-corrected chi connectivity index (χ0v) is 10.2. The third kappa shape index (κ3) is 2.20.